The van der Waals surface area contributed by atoms with Gasteiger partial charge in [0.2, 0.25) is 0 Å². The summed E-state index contributed by atoms with van der Waals surface area (Å²) in [6.45, 7) is 4.19. The molecule has 0 radical (unpaired) electrons. The van der Waals surface area contributed by atoms with Gasteiger partial charge in [0.1, 0.15) is 6.10 Å². The Hall–Kier alpha value is -0.530. The largest absolute Gasteiger partial charge is 0.462 e. The maximum atomic E-state index is 11.3. The summed E-state index contributed by atoms with van der Waals surface area (Å²) in [6.07, 6.45) is 14.1. The normalized spacial score (nSPS) is 34.7. The molecule has 0 heterocycles. The zero-order valence-corrected chi connectivity index (χ0v) is 13.4. The van der Waals surface area contributed by atoms with Crippen molar-refractivity contribution in [1.82, 2.24) is 0 Å². The van der Waals surface area contributed by atoms with Crippen LogP contribution in [0, 0.1) is 17.8 Å². The minimum Gasteiger partial charge on any atom is -0.462 e. The highest BCUT2D eigenvalue weighted by Gasteiger charge is 2.31. The molecule has 0 N–H and O–H groups in total. The van der Waals surface area contributed by atoms with E-state index in [9.17, 15) is 4.79 Å². The second-order valence-electron chi connectivity index (χ2n) is 6.95. The van der Waals surface area contributed by atoms with E-state index < -0.39 is 0 Å². The Morgan fingerprint density at radius 1 is 0.900 bits per heavy atom. The number of carbonyl (C=O) groups is 1. The zero-order valence-electron chi connectivity index (χ0n) is 13.4. The number of esters is 1. The first-order chi connectivity index (χ1) is 9.72. The Balaban J connectivity index is 1.68. The van der Waals surface area contributed by atoms with Crippen molar-refractivity contribution in [2.75, 3.05) is 0 Å². The van der Waals surface area contributed by atoms with Gasteiger partial charge in [0.25, 0.3) is 0 Å². The quantitative estimate of drug-likeness (QED) is 0.654. The van der Waals surface area contributed by atoms with E-state index in [-0.39, 0.29) is 12.1 Å². The second-order valence-corrected chi connectivity index (χ2v) is 6.95. The molecule has 0 atom stereocenters. The third-order valence-corrected chi connectivity index (χ3v) is 5.56. The highest BCUT2D eigenvalue weighted by atomic mass is 16.5. The van der Waals surface area contributed by atoms with E-state index in [0.717, 1.165) is 30.6 Å². The number of hydrogen-bond donors (Lipinski definition) is 0. The van der Waals surface area contributed by atoms with Crippen molar-refractivity contribution in [2.24, 2.45) is 17.8 Å². The van der Waals surface area contributed by atoms with Crippen molar-refractivity contribution in [3.05, 3.63) is 0 Å². The van der Waals surface area contributed by atoms with Crippen LogP contribution in [-0.2, 0) is 9.53 Å². The molecular weight excluding hydrogens is 248 g/mol. The average Bonchev–Trinajstić information content (AvgIpc) is 2.49. The van der Waals surface area contributed by atoms with Crippen LogP contribution in [-0.4, -0.2) is 12.1 Å². The number of rotatable bonds is 5. The molecule has 2 fully saturated rings. The summed E-state index contributed by atoms with van der Waals surface area (Å²) in [7, 11) is 0. The fraction of sp³-hybridized carbons (Fsp3) is 0.944. The van der Waals surface area contributed by atoms with Gasteiger partial charge in [-0.1, -0.05) is 39.5 Å². The lowest BCUT2D eigenvalue weighted by atomic mass is 9.70. The summed E-state index contributed by atoms with van der Waals surface area (Å²) in [5, 5.41) is 0. The molecule has 2 aliphatic carbocycles. The van der Waals surface area contributed by atoms with Crippen LogP contribution in [0.15, 0.2) is 0 Å². The molecule has 20 heavy (non-hydrogen) atoms. The van der Waals surface area contributed by atoms with Crippen LogP contribution in [0.25, 0.3) is 0 Å². The van der Waals surface area contributed by atoms with Crippen molar-refractivity contribution >= 4 is 5.97 Å². The molecule has 2 nitrogen and oxygen atoms in total. The number of ether oxygens (including phenoxy) is 1. The Labute approximate surface area is 124 Å². The van der Waals surface area contributed by atoms with Crippen LogP contribution in [0.5, 0.6) is 0 Å². The van der Waals surface area contributed by atoms with Crippen LogP contribution in [0.3, 0.4) is 0 Å². The fourth-order valence-electron chi connectivity index (χ4n) is 4.30. The molecular formula is C18H32O2. The first-order valence-electron chi connectivity index (χ1n) is 8.92. The molecule has 0 aromatic rings. The predicted octanol–water partition coefficient (Wildman–Crippen LogP) is 5.10. The lowest BCUT2D eigenvalue weighted by Gasteiger charge is -2.37. The molecule has 2 heteroatoms. The van der Waals surface area contributed by atoms with Crippen LogP contribution in [0.2, 0.25) is 0 Å². The Morgan fingerprint density at radius 2 is 1.45 bits per heavy atom. The molecule has 0 bridgehead atoms. The van der Waals surface area contributed by atoms with Crippen LogP contribution >= 0.6 is 0 Å². The first-order valence-corrected chi connectivity index (χ1v) is 8.92. The molecule has 0 saturated heterocycles. The van der Waals surface area contributed by atoms with Crippen LogP contribution in [0.4, 0.5) is 0 Å². The van der Waals surface area contributed by atoms with Gasteiger partial charge >= 0.3 is 5.97 Å². The average molecular weight is 280 g/mol. The minimum absolute atomic E-state index is 0.0199. The molecule has 0 aliphatic heterocycles. The van der Waals surface area contributed by atoms with Gasteiger partial charge in [-0.15, -0.1) is 0 Å². The van der Waals surface area contributed by atoms with Crippen molar-refractivity contribution in [1.29, 1.82) is 0 Å². The van der Waals surface area contributed by atoms with E-state index in [0.29, 0.717) is 6.42 Å². The third kappa shape index (κ3) is 4.49. The Morgan fingerprint density at radius 3 is 1.95 bits per heavy atom. The molecule has 0 unspecified atom stereocenters. The van der Waals surface area contributed by atoms with Crippen molar-refractivity contribution in [3.63, 3.8) is 0 Å². The zero-order chi connectivity index (χ0) is 14.4. The van der Waals surface area contributed by atoms with Gasteiger partial charge in [0.05, 0.1) is 0 Å². The van der Waals surface area contributed by atoms with Gasteiger partial charge in [0, 0.05) is 6.42 Å². The topological polar surface area (TPSA) is 26.3 Å². The monoisotopic (exact) mass is 280 g/mol. The van der Waals surface area contributed by atoms with Crippen molar-refractivity contribution in [2.45, 2.75) is 90.6 Å². The lowest BCUT2D eigenvalue weighted by Crippen LogP contribution is -2.29. The Kier molecular flexibility index (Phi) is 6.38. The smallest absolute Gasteiger partial charge is 0.305 e. The standard InChI is InChI=1S/C18H32O2/c1-3-5-14-6-8-15(9-7-14)16-10-12-17(13-11-16)20-18(19)4-2/h14-17H,3-13H2,1-2H3. The van der Waals surface area contributed by atoms with Crippen molar-refractivity contribution in [3.8, 4) is 0 Å². The Bertz CT molecular complexity index is 284. The summed E-state index contributed by atoms with van der Waals surface area (Å²) in [5.74, 6) is 2.87. The highest BCUT2D eigenvalue weighted by molar-refractivity contribution is 5.69. The molecule has 0 amide bonds. The number of carbonyl (C=O) groups excluding carboxylic acids is 1. The van der Waals surface area contributed by atoms with E-state index in [1.807, 2.05) is 6.92 Å². The van der Waals surface area contributed by atoms with Crippen molar-refractivity contribution < 1.29 is 9.53 Å². The lowest BCUT2D eigenvalue weighted by molar-refractivity contribution is -0.150. The molecule has 0 aromatic carbocycles. The van der Waals surface area contributed by atoms with Gasteiger partial charge in [-0.25, -0.2) is 0 Å². The van der Waals surface area contributed by atoms with Gasteiger partial charge in [-0.2, -0.15) is 0 Å². The maximum absolute atomic E-state index is 11.3. The summed E-state index contributed by atoms with van der Waals surface area (Å²) in [4.78, 5) is 11.3. The molecule has 2 rings (SSSR count). The molecule has 0 spiro atoms. The van der Waals surface area contributed by atoms with E-state index in [4.69, 9.17) is 4.74 Å². The first kappa shape index (κ1) is 15.9. The van der Waals surface area contributed by atoms with Gasteiger partial charge < -0.3 is 4.74 Å². The second kappa shape index (κ2) is 8.05. The van der Waals surface area contributed by atoms with E-state index in [2.05, 4.69) is 6.92 Å². The van der Waals surface area contributed by atoms with Crippen LogP contribution in [0.1, 0.15) is 84.5 Å². The third-order valence-electron chi connectivity index (χ3n) is 5.56. The SMILES string of the molecule is CCCC1CCC(C2CCC(OC(=O)CC)CC2)CC1. The number of hydrogen-bond acceptors (Lipinski definition) is 2. The van der Waals surface area contributed by atoms with E-state index in [1.54, 1.807) is 0 Å². The van der Waals surface area contributed by atoms with Gasteiger partial charge in [0.15, 0.2) is 0 Å². The summed E-state index contributed by atoms with van der Waals surface area (Å²) in [6, 6.07) is 0. The van der Waals surface area contributed by atoms with Crippen LogP contribution < -0.4 is 0 Å². The predicted molar refractivity (Wildman–Crippen MR) is 82.5 cm³/mol. The summed E-state index contributed by atoms with van der Waals surface area (Å²) >= 11 is 0. The summed E-state index contributed by atoms with van der Waals surface area (Å²) < 4.78 is 5.49. The van der Waals surface area contributed by atoms with Gasteiger partial charge in [-0.05, 0) is 56.3 Å². The molecule has 116 valence electrons. The van der Waals surface area contributed by atoms with E-state index >= 15 is 0 Å². The maximum Gasteiger partial charge on any atom is 0.305 e. The summed E-state index contributed by atoms with van der Waals surface area (Å²) in [5.41, 5.74) is 0. The fourth-order valence-corrected chi connectivity index (χ4v) is 4.30. The molecule has 2 saturated carbocycles. The minimum atomic E-state index is -0.0199. The van der Waals surface area contributed by atoms with Gasteiger partial charge in [-0.3, -0.25) is 4.79 Å². The molecule has 2 aliphatic rings. The van der Waals surface area contributed by atoms with E-state index in [1.165, 1.54) is 51.4 Å². The highest BCUT2D eigenvalue weighted by Crippen LogP contribution is 2.41. The molecule has 0 aromatic heterocycles.